The zero-order chi connectivity index (χ0) is 18.6. The van der Waals surface area contributed by atoms with Crippen molar-refractivity contribution >= 4 is 11.8 Å². The fourth-order valence-corrected chi connectivity index (χ4v) is 3.04. The van der Waals surface area contributed by atoms with Gasteiger partial charge in [-0.25, -0.2) is 0 Å². The van der Waals surface area contributed by atoms with E-state index in [2.05, 4.69) is 16.3 Å². The van der Waals surface area contributed by atoms with Crippen LogP contribution >= 0.6 is 0 Å². The van der Waals surface area contributed by atoms with Crippen LogP contribution in [0.5, 0.6) is 5.75 Å². The highest BCUT2D eigenvalue weighted by molar-refractivity contribution is 5.88. The molecule has 0 saturated carbocycles. The third-order valence-corrected chi connectivity index (χ3v) is 4.82. The number of rotatable bonds is 6. The highest BCUT2D eigenvalue weighted by atomic mass is 16.5. The van der Waals surface area contributed by atoms with Crippen LogP contribution in [0.2, 0.25) is 0 Å². The molecule has 0 radical (unpaired) electrons. The summed E-state index contributed by atoms with van der Waals surface area (Å²) in [6, 6.07) is 5.73. The zero-order valence-electron chi connectivity index (χ0n) is 15.8. The van der Waals surface area contributed by atoms with Gasteiger partial charge in [-0.15, -0.1) is 0 Å². The maximum absolute atomic E-state index is 12.4. The summed E-state index contributed by atoms with van der Waals surface area (Å²) in [5.74, 6) is 0.778. The Bertz CT molecular complexity index is 630. The SMILES string of the molecule is COc1ccc(CN2CCNC(=O)[C@@H]2CC(=O)N(C)C(C)C)cc1C. The van der Waals surface area contributed by atoms with Crippen molar-refractivity contribution in [2.75, 3.05) is 27.2 Å². The highest BCUT2D eigenvalue weighted by Gasteiger charge is 2.32. The van der Waals surface area contributed by atoms with Crippen LogP contribution in [0.4, 0.5) is 0 Å². The Morgan fingerprint density at radius 1 is 1.44 bits per heavy atom. The minimum Gasteiger partial charge on any atom is -0.496 e. The maximum atomic E-state index is 12.4. The second-order valence-corrected chi connectivity index (χ2v) is 6.88. The van der Waals surface area contributed by atoms with Gasteiger partial charge in [0.1, 0.15) is 5.75 Å². The van der Waals surface area contributed by atoms with Crippen LogP contribution < -0.4 is 10.1 Å². The fourth-order valence-electron chi connectivity index (χ4n) is 3.04. The first kappa shape index (κ1) is 19.2. The number of hydrogen-bond acceptors (Lipinski definition) is 4. The average Bonchev–Trinajstić information content (AvgIpc) is 2.57. The Morgan fingerprint density at radius 3 is 2.76 bits per heavy atom. The van der Waals surface area contributed by atoms with Crippen molar-refractivity contribution in [2.45, 2.75) is 45.8 Å². The molecule has 0 bridgehead atoms. The summed E-state index contributed by atoms with van der Waals surface area (Å²) in [6.45, 7) is 7.93. The molecule has 1 aromatic rings. The van der Waals surface area contributed by atoms with Crippen molar-refractivity contribution in [1.82, 2.24) is 15.1 Å². The second kappa shape index (κ2) is 8.34. The molecule has 6 nitrogen and oxygen atoms in total. The largest absolute Gasteiger partial charge is 0.496 e. The van der Waals surface area contributed by atoms with Gasteiger partial charge < -0.3 is 15.0 Å². The number of nitrogens with zero attached hydrogens (tertiary/aromatic N) is 2. The number of carbonyl (C=O) groups excluding carboxylic acids is 2. The Morgan fingerprint density at radius 2 is 2.16 bits per heavy atom. The molecule has 0 aliphatic carbocycles. The highest BCUT2D eigenvalue weighted by Crippen LogP contribution is 2.21. The van der Waals surface area contributed by atoms with Crippen molar-refractivity contribution in [2.24, 2.45) is 0 Å². The van der Waals surface area contributed by atoms with E-state index in [0.717, 1.165) is 23.4 Å². The molecule has 1 heterocycles. The number of amides is 2. The maximum Gasteiger partial charge on any atom is 0.237 e. The number of ether oxygens (including phenoxy) is 1. The normalized spacial score (nSPS) is 18.2. The number of hydrogen-bond donors (Lipinski definition) is 1. The van der Waals surface area contributed by atoms with Gasteiger partial charge in [0.15, 0.2) is 0 Å². The molecule has 1 aliphatic heterocycles. The molecule has 0 unspecified atom stereocenters. The van der Waals surface area contributed by atoms with Gasteiger partial charge in [0.25, 0.3) is 0 Å². The van der Waals surface area contributed by atoms with Crippen LogP contribution in [0.25, 0.3) is 0 Å². The van der Waals surface area contributed by atoms with Crippen molar-refractivity contribution < 1.29 is 14.3 Å². The molecule has 1 aromatic carbocycles. The number of piperazine rings is 1. The van der Waals surface area contributed by atoms with E-state index in [1.54, 1.807) is 19.1 Å². The molecule has 1 aliphatic rings. The van der Waals surface area contributed by atoms with Gasteiger partial charge in [0.2, 0.25) is 11.8 Å². The lowest BCUT2D eigenvalue weighted by atomic mass is 10.0. The molecule has 1 atom stereocenters. The summed E-state index contributed by atoms with van der Waals surface area (Å²) in [6.07, 6.45) is 0.204. The van der Waals surface area contributed by atoms with Gasteiger partial charge in [-0.3, -0.25) is 14.5 Å². The molecule has 6 heteroatoms. The molecule has 1 fully saturated rings. The number of benzene rings is 1. The van der Waals surface area contributed by atoms with Gasteiger partial charge in [0, 0.05) is 32.7 Å². The molecule has 138 valence electrons. The van der Waals surface area contributed by atoms with E-state index in [1.165, 1.54) is 0 Å². The topological polar surface area (TPSA) is 61.9 Å². The summed E-state index contributed by atoms with van der Waals surface area (Å²) < 4.78 is 5.30. The second-order valence-electron chi connectivity index (χ2n) is 6.88. The van der Waals surface area contributed by atoms with Crippen LogP contribution in [0.15, 0.2) is 18.2 Å². The van der Waals surface area contributed by atoms with Gasteiger partial charge in [-0.05, 0) is 38.0 Å². The Kier molecular flexibility index (Phi) is 6.42. The molecular formula is C19H29N3O3. The third kappa shape index (κ3) is 4.72. The van der Waals surface area contributed by atoms with Gasteiger partial charge in [-0.1, -0.05) is 12.1 Å². The summed E-state index contributed by atoms with van der Waals surface area (Å²) in [5.41, 5.74) is 2.18. The summed E-state index contributed by atoms with van der Waals surface area (Å²) in [4.78, 5) is 28.6. The molecule has 0 aromatic heterocycles. The average molecular weight is 347 g/mol. The van der Waals surface area contributed by atoms with E-state index in [1.807, 2.05) is 32.9 Å². The number of aryl methyl sites for hydroxylation is 1. The first-order valence-electron chi connectivity index (χ1n) is 8.74. The summed E-state index contributed by atoms with van der Waals surface area (Å²) >= 11 is 0. The van der Waals surface area contributed by atoms with Crippen LogP contribution in [0.3, 0.4) is 0 Å². The van der Waals surface area contributed by atoms with E-state index in [4.69, 9.17) is 4.74 Å². The molecule has 1 saturated heterocycles. The zero-order valence-corrected chi connectivity index (χ0v) is 15.8. The van der Waals surface area contributed by atoms with Gasteiger partial charge in [0.05, 0.1) is 19.6 Å². The smallest absolute Gasteiger partial charge is 0.237 e. The first-order valence-corrected chi connectivity index (χ1v) is 8.74. The van der Waals surface area contributed by atoms with E-state index in [-0.39, 0.29) is 24.3 Å². The summed E-state index contributed by atoms with van der Waals surface area (Å²) in [7, 11) is 3.44. The lowest BCUT2D eigenvalue weighted by Gasteiger charge is -2.36. The van der Waals surface area contributed by atoms with Crippen molar-refractivity contribution in [3.63, 3.8) is 0 Å². The minimum absolute atomic E-state index is 0.00652. The molecular weight excluding hydrogens is 318 g/mol. The molecule has 25 heavy (non-hydrogen) atoms. The van der Waals surface area contributed by atoms with E-state index < -0.39 is 6.04 Å². The van der Waals surface area contributed by atoms with Gasteiger partial charge in [-0.2, -0.15) is 0 Å². The quantitative estimate of drug-likeness (QED) is 0.848. The van der Waals surface area contributed by atoms with E-state index in [0.29, 0.717) is 13.1 Å². The van der Waals surface area contributed by atoms with Crippen LogP contribution in [-0.4, -0.2) is 60.9 Å². The van der Waals surface area contributed by atoms with Crippen molar-refractivity contribution in [1.29, 1.82) is 0 Å². The standard InChI is InChI=1S/C19H29N3O3/c1-13(2)21(4)18(23)11-16-19(24)20-8-9-22(16)12-15-6-7-17(25-5)14(3)10-15/h6-7,10,13,16H,8-9,11-12H2,1-5H3,(H,20,24)/t16-/m0/s1. The van der Waals surface area contributed by atoms with E-state index >= 15 is 0 Å². The molecule has 0 spiro atoms. The third-order valence-electron chi connectivity index (χ3n) is 4.82. The monoisotopic (exact) mass is 347 g/mol. The van der Waals surface area contributed by atoms with Crippen molar-refractivity contribution in [3.05, 3.63) is 29.3 Å². The van der Waals surface area contributed by atoms with E-state index in [9.17, 15) is 9.59 Å². The lowest BCUT2D eigenvalue weighted by molar-refractivity contribution is -0.139. The van der Waals surface area contributed by atoms with Crippen LogP contribution in [0.1, 0.15) is 31.4 Å². The number of carbonyl (C=O) groups is 2. The van der Waals surface area contributed by atoms with Crippen LogP contribution in [-0.2, 0) is 16.1 Å². The van der Waals surface area contributed by atoms with Crippen molar-refractivity contribution in [3.8, 4) is 5.75 Å². The molecule has 1 N–H and O–H groups in total. The molecule has 2 rings (SSSR count). The Balaban J connectivity index is 2.12. The number of methoxy groups -OCH3 is 1. The predicted molar refractivity (Wildman–Crippen MR) is 97.5 cm³/mol. The lowest BCUT2D eigenvalue weighted by Crippen LogP contribution is -2.56. The Labute approximate surface area is 150 Å². The van der Waals surface area contributed by atoms with Crippen LogP contribution in [0, 0.1) is 6.92 Å². The van der Waals surface area contributed by atoms with Gasteiger partial charge >= 0.3 is 0 Å². The number of nitrogens with one attached hydrogen (secondary N) is 1. The molecule has 2 amide bonds. The predicted octanol–water partition coefficient (Wildman–Crippen LogP) is 1.56. The Hall–Kier alpha value is -2.08. The summed E-state index contributed by atoms with van der Waals surface area (Å²) in [5, 5.41) is 2.88. The first-order chi connectivity index (χ1) is 11.8. The minimum atomic E-state index is -0.426. The fraction of sp³-hybridized carbons (Fsp3) is 0.579.